The van der Waals surface area contributed by atoms with E-state index in [2.05, 4.69) is 23.6 Å². The van der Waals surface area contributed by atoms with Gasteiger partial charge in [0.2, 0.25) is 0 Å². The minimum atomic E-state index is -0.478. The number of hydrogen-bond donors (Lipinski definition) is 3. The number of aliphatic hydroxyl groups is 1. The second kappa shape index (κ2) is 13.4. The molecule has 2 aromatic rings. The van der Waals surface area contributed by atoms with E-state index in [0.29, 0.717) is 19.5 Å². The van der Waals surface area contributed by atoms with Crippen LogP contribution in [-0.2, 0) is 0 Å². The van der Waals surface area contributed by atoms with Gasteiger partial charge in [0.1, 0.15) is 5.75 Å². The molecule has 2 unspecified atom stereocenters. The first-order valence-corrected chi connectivity index (χ1v) is 9.53. The Kier molecular flexibility index (Phi) is 11.6. The summed E-state index contributed by atoms with van der Waals surface area (Å²) in [6, 6.07) is 17.8. The zero-order valence-electron chi connectivity index (χ0n) is 16.9. The maximum Gasteiger partial charge on any atom is 0.191 e. The quantitative estimate of drug-likeness (QED) is 0.278. The van der Waals surface area contributed by atoms with Crippen molar-refractivity contribution in [1.29, 1.82) is 0 Å². The highest BCUT2D eigenvalue weighted by molar-refractivity contribution is 14.0. The highest BCUT2D eigenvalue weighted by atomic mass is 127. The average Bonchev–Trinajstić information content (AvgIpc) is 2.72. The number of guanidine groups is 1. The lowest BCUT2D eigenvalue weighted by molar-refractivity contribution is 0.168. The van der Waals surface area contributed by atoms with E-state index < -0.39 is 6.10 Å². The van der Waals surface area contributed by atoms with E-state index in [4.69, 9.17) is 9.73 Å². The highest BCUT2D eigenvalue weighted by Crippen LogP contribution is 2.26. The number of nitrogens with zero attached hydrogens (tertiary/aromatic N) is 1. The van der Waals surface area contributed by atoms with Crippen LogP contribution in [0.2, 0.25) is 0 Å². The first-order valence-electron chi connectivity index (χ1n) is 9.53. The van der Waals surface area contributed by atoms with Crippen molar-refractivity contribution < 1.29 is 9.84 Å². The zero-order chi connectivity index (χ0) is 19.5. The summed E-state index contributed by atoms with van der Waals surface area (Å²) in [5.74, 6) is 1.90. The van der Waals surface area contributed by atoms with Crippen LogP contribution in [0.4, 0.5) is 0 Å². The monoisotopic (exact) mass is 497 g/mol. The number of ether oxygens (including phenoxy) is 1. The van der Waals surface area contributed by atoms with E-state index in [9.17, 15) is 5.11 Å². The number of aliphatic imine (C=N–C) groups is 1. The van der Waals surface area contributed by atoms with Crippen LogP contribution in [0.1, 0.15) is 43.4 Å². The molecule has 0 aliphatic carbocycles. The number of para-hydroxylation sites is 1. The lowest BCUT2D eigenvalue weighted by atomic mass is 10.0. The van der Waals surface area contributed by atoms with Crippen molar-refractivity contribution in [1.82, 2.24) is 10.6 Å². The summed E-state index contributed by atoms with van der Waals surface area (Å²) in [5, 5.41) is 16.8. The number of nitrogens with one attached hydrogen (secondary N) is 2. The van der Waals surface area contributed by atoms with Gasteiger partial charge in [-0.1, -0.05) is 55.5 Å². The summed E-state index contributed by atoms with van der Waals surface area (Å²) in [5.41, 5.74) is 2.09. The average molecular weight is 497 g/mol. The summed E-state index contributed by atoms with van der Waals surface area (Å²) < 4.78 is 5.45. The molecule has 0 amide bonds. The number of methoxy groups -OCH3 is 1. The molecule has 2 aromatic carbocycles. The van der Waals surface area contributed by atoms with Gasteiger partial charge in [0.25, 0.3) is 0 Å². The minimum absolute atomic E-state index is 0. The molecule has 28 heavy (non-hydrogen) atoms. The minimum Gasteiger partial charge on any atom is -0.496 e. The van der Waals surface area contributed by atoms with Crippen molar-refractivity contribution in [2.24, 2.45) is 4.99 Å². The predicted molar refractivity (Wildman–Crippen MR) is 127 cm³/mol. The van der Waals surface area contributed by atoms with Gasteiger partial charge in [-0.3, -0.25) is 4.99 Å². The molecule has 0 saturated carbocycles. The molecule has 6 heteroatoms. The number of benzene rings is 2. The highest BCUT2D eigenvalue weighted by Gasteiger charge is 2.11. The third-order valence-electron chi connectivity index (χ3n) is 4.43. The van der Waals surface area contributed by atoms with E-state index in [1.165, 1.54) is 0 Å². The third-order valence-corrected chi connectivity index (χ3v) is 4.43. The Morgan fingerprint density at radius 1 is 1.07 bits per heavy atom. The summed E-state index contributed by atoms with van der Waals surface area (Å²) in [6.07, 6.45) is 0.144. The number of aliphatic hydroxyl groups excluding tert-OH is 1. The number of halogens is 1. The summed E-state index contributed by atoms with van der Waals surface area (Å²) in [7, 11) is 1.69. The molecule has 0 radical (unpaired) electrons. The van der Waals surface area contributed by atoms with Gasteiger partial charge in [0.05, 0.1) is 13.2 Å². The molecule has 0 aliphatic heterocycles. The molecule has 0 heterocycles. The fraction of sp³-hybridized carbons (Fsp3) is 0.409. The van der Waals surface area contributed by atoms with Gasteiger partial charge in [0.15, 0.2) is 5.96 Å². The fourth-order valence-electron chi connectivity index (χ4n) is 2.91. The topological polar surface area (TPSA) is 65.9 Å². The van der Waals surface area contributed by atoms with Crippen LogP contribution in [0, 0.1) is 0 Å². The lowest BCUT2D eigenvalue weighted by Crippen LogP contribution is -2.38. The van der Waals surface area contributed by atoms with Gasteiger partial charge in [-0.2, -0.15) is 0 Å². The summed E-state index contributed by atoms with van der Waals surface area (Å²) in [6.45, 7) is 6.27. The van der Waals surface area contributed by atoms with Crippen LogP contribution in [-0.4, -0.2) is 37.8 Å². The molecule has 0 spiro atoms. The standard InChI is InChI=1S/C22H31N3O2.HI/c1-4-23-22(24-15-14-20(26)18-10-6-5-7-11-18)25-16-17(2)19-12-8-9-13-21(19)27-3;/h5-13,17,20,26H,4,14-16H2,1-3H3,(H2,23,24,25);1H. The number of rotatable bonds is 9. The lowest BCUT2D eigenvalue weighted by Gasteiger charge is -2.16. The summed E-state index contributed by atoms with van der Waals surface area (Å²) >= 11 is 0. The molecule has 154 valence electrons. The Morgan fingerprint density at radius 2 is 1.75 bits per heavy atom. The zero-order valence-corrected chi connectivity index (χ0v) is 19.2. The van der Waals surface area contributed by atoms with E-state index in [1.807, 2.05) is 55.5 Å². The number of hydrogen-bond acceptors (Lipinski definition) is 3. The van der Waals surface area contributed by atoms with E-state index in [1.54, 1.807) is 7.11 Å². The van der Waals surface area contributed by atoms with E-state index in [-0.39, 0.29) is 29.9 Å². The van der Waals surface area contributed by atoms with Gasteiger partial charge < -0.3 is 20.5 Å². The van der Waals surface area contributed by atoms with Crippen molar-refractivity contribution in [2.75, 3.05) is 26.7 Å². The maximum atomic E-state index is 10.3. The Balaban J connectivity index is 0.00000392. The van der Waals surface area contributed by atoms with Crippen LogP contribution in [0.25, 0.3) is 0 Å². The fourth-order valence-corrected chi connectivity index (χ4v) is 2.91. The van der Waals surface area contributed by atoms with Crippen LogP contribution in [0.15, 0.2) is 59.6 Å². The van der Waals surface area contributed by atoms with Crippen molar-refractivity contribution in [3.05, 3.63) is 65.7 Å². The summed E-state index contributed by atoms with van der Waals surface area (Å²) in [4.78, 5) is 4.69. The van der Waals surface area contributed by atoms with Gasteiger partial charge in [-0.25, -0.2) is 0 Å². The van der Waals surface area contributed by atoms with Crippen LogP contribution in [0.3, 0.4) is 0 Å². The maximum absolute atomic E-state index is 10.3. The largest absolute Gasteiger partial charge is 0.496 e. The molecule has 0 bridgehead atoms. The van der Waals surface area contributed by atoms with Gasteiger partial charge in [-0.15, -0.1) is 24.0 Å². The van der Waals surface area contributed by atoms with Crippen molar-refractivity contribution in [3.8, 4) is 5.75 Å². The smallest absolute Gasteiger partial charge is 0.191 e. The van der Waals surface area contributed by atoms with E-state index >= 15 is 0 Å². The van der Waals surface area contributed by atoms with E-state index in [0.717, 1.165) is 29.4 Å². The normalized spacial score (nSPS) is 13.2. The van der Waals surface area contributed by atoms with Gasteiger partial charge in [-0.05, 0) is 30.5 Å². The Labute approximate surface area is 185 Å². The van der Waals surface area contributed by atoms with Crippen LogP contribution >= 0.6 is 24.0 Å². The van der Waals surface area contributed by atoms with Crippen LogP contribution in [0.5, 0.6) is 5.75 Å². The molecule has 0 fully saturated rings. The van der Waals surface area contributed by atoms with Crippen molar-refractivity contribution >= 4 is 29.9 Å². The molecule has 2 atom stereocenters. The second-order valence-electron chi connectivity index (χ2n) is 6.50. The third kappa shape index (κ3) is 7.67. The Hall–Kier alpha value is -1.80. The Morgan fingerprint density at radius 3 is 2.43 bits per heavy atom. The first-order chi connectivity index (χ1) is 13.2. The SMILES string of the molecule is CCNC(=NCC(C)c1ccccc1OC)NCCC(O)c1ccccc1.I. The first kappa shape index (κ1) is 24.2. The molecule has 5 nitrogen and oxygen atoms in total. The molecular weight excluding hydrogens is 465 g/mol. The Bertz CT molecular complexity index is 710. The molecule has 3 N–H and O–H groups in total. The molecular formula is C22H32IN3O2. The second-order valence-corrected chi connectivity index (χ2v) is 6.50. The van der Waals surface area contributed by atoms with Crippen molar-refractivity contribution in [3.63, 3.8) is 0 Å². The predicted octanol–water partition coefficient (Wildman–Crippen LogP) is 4.10. The molecule has 2 rings (SSSR count). The van der Waals surface area contributed by atoms with Crippen molar-refractivity contribution in [2.45, 2.75) is 32.3 Å². The van der Waals surface area contributed by atoms with Gasteiger partial charge in [0, 0.05) is 25.6 Å². The molecule has 0 aliphatic rings. The molecule has 0 aromatic heterocycles. The molecule has 0 saturated heterocycles. The van der Waals surface area contributed by atoms with Gasteiger partial charge >= 0.3 is 0 Å². The van der Waals surface area contributed by atoms with Crippen LogP contribution < -0.4 is 15.4 Å².